The summed E-state index contributed by atoms with van der Waals surface area (Å²) in [5.41, 5.74) is 7.04. The number of halogens is 1. The molecule has 0 bridgehead atoms. The van der Waals surface area contributed by atoms with Crippen LogP contribution >= 0.6 is 12.4 Å². The number of piperidine rings is 1. The molecule has 1 saturated heterocycles. The highest BCUT2D eigenvalue weighted by Crippen LogP contribution is 2.28. The summed E-state index contributed by atoms with van der Waals surface area (Å²) >= 11 is 0. The van der Waals surface area contributed by atoms with E-state index in [0.717, 1.165) is 37.4 Å². The van der Waals surface area contributed by atoms with Crippen molar-refractivity contribution in [1.29, 1.82) is 0 Å². The zero-order valence-electron chi connectivity index (χ0n) is 12.5. The highest BCUT2D eigenvalue weighted by molar-refractivity contribution is 5.85. The van der Waals surface area contributed by atoms with Crippen molar-refractivity contribution >= 4 is 12.4 Å². The van der Waals surface area contributed by atoms with Gasteiger partial charge in [-0.05, 0) is 18.3 Å². The Kier molecular flexibility index (Phi) is 5.74. The van der Waals surface area contributed by atoms with Gasteiger partial charge in [-0.2, -0.15) is 0 Å². The molecule has 6 heteroatoms. The topological polar surface area (TPSA) is 75.0 Å². The van der Waals surface area contributed by atoms with E-state index in [-0.39, 0.29) is 29.4 Å². The van der Waals surface area contributed by atoms with Crippen LogP contribution in [0.4, 0.5) is 0 Å². The fourth-order valence-electron chi connectivity index (χ4n) is 2.65. The molecule has 0 radical (unpaired) electrons. The van der Waals surface area contributed by atoms with Gasteiger partial charge in [0.2, 0.25) is 0 Å². The summed E-state index contributed by atoms with van der Waals surface area (Å²) in [7, 11) is 0. The van der Waals surface area contributed by atoms with Crippen molar-refractivity contribution in [3.63, 3.8) is 0 Å². The second-order valence-electron chi connectivity index (χ2n) is 6.13. The number of H-pyrrole nitrogens is 1. The second-order valence-corrected chi connectivity index (χ2v) is 6.13. The fraction of sp³-hybridized carbons (Fsp3) is 0.714. The number of aromatic amines is 1. The summed E-state index contributed by atoms with van der Waals surface area (Å²) in [6, 6.07) is 1.82. The van der Waals surface area contributed by atoms with Crippen LogP contribution in [-0.4, -0.2) is 34.0 Å². The van der Waals surface area contributed by atoms with Crippen molar-refractivity contribution < 1.29 is 0 Å². The average molecular weight is 301 g/mol. The number of nitrogens with zero attached hydrogens (tertiary/aromatic N) is 2. The number of hydrogen-bond donors (Lipinski definition) is 2. The molecule has 1 unspecified atom stereocenters. The molecule has 0 aromatic carbocycles. The molecular formula is C14H25ClN4O. The molecule has 2 heterocycles. The van der Waals surface area contributed by atoms with Gasteiger partial charge >= 0.3 is 0 Å². The van der Waals surface area contributed by atoms with E-state index < -0.39 is 0 Å². The third kappa shape index (κ3) is 4.04. The molecule has 5 nitrogen and oxygen atoms in total. The molecule has 1 aromatic rings. The second kappa shape index (κ2) is 6.70. The van der Waals surface area contributed by atoms with Crippen molar-refractivity contribution in [2.75, 3.05) is 13.1 Å². The maximum Gasteiger partial charge on any atom is 0.251 e. The predicted molar refractivity (Wildman–Crippen MR) is 83.1 cm³/mol. The number of aromatic nitrogens is 2. The molecule has 114 valence electrons. The zero-order valence-corrected chi connectivity index (χ0v) is 13.3. The van der Waals surface area contributed by atoms with E-state index in [2.05, 4.69) is 28.7 Å². The number of rotatable bonds is 3. The van der Waals surface area contributed by atoms with Crippen molar-refractivity contribution in [3.8, 4) is 0 Å². The quantitative estimate of drug-likeness (QED) is 0.883. The largest absolute Gasteiger partial charge is 0.327 e. The van der Waals surface area contributed by atoms with Gasteiger partial charge in [0.1, 0.15) is 5.82 Å². The lowest BCUT2D eigenvalue weighted by atomic mass is 9.80. The normalized spacial score (nSPS) is 22.3. The summed E-state index contributed by atoms with van der Waals surface area (Å²) in [6.07, 6.45) is 1.78. The molecule has 0 spiro atoms. The smallest absolute Gasteiger partial charge is 0.251 e. The van der Waals surface area contributed by atoms with Crippen LogP contribution in [0.2, 0.25) is 0 Å². The lowest BCUT2D eigenvalue weighted by Crippen LogP contribution is -2.52. The fourth-order valence-corrected chi connectivity index (χ4v) is 2.65. The Labute approximate surface area is 126 Å². The Balaban J connectivity index is 0.00000200. The third-order valence-corrected chi connectivity index (χ3v) is 3.97. The van der Waals surface area contributed by atoms with Gasteiger partial charge < -0.3 is 10.7 Å². The van der Waals surface area contributed by atoms with E-state index in [0.29, 0.717) is 6.54 Å². The highest BCUT2D eigenvalue weighted by atomic mass is 35.5. The Morgan fingerprint density at radius 1 is 1.55 bits per heavy atom. The first-order valence-electron chi connectivity index (χ1n) is 6.98. The van der Waals surface area contributed by atoms with E-state index in [9.17, 15) is 4.79 Å². The Morgan fingerprint density at radius 3 is 2.85 bits per heavy atom. The van der Waals surface area contributed by atoms with E-state index >= 15 is 0 Å². The summed E-state index contributed by atoms with van der Waals surface area (Å²) < 4.78 is 0. The predicted octanol–water partition coefficient (Wildman–Crippen LogP) is 1.31. The molecule has 0 saturated carbocycles. The molecule has 1 aromatic heterocycles. The van der Waals surface area contributed by atoms with Crippen LogP contribution in [0, 0.1) is 5.41 Å². The summed E-state index contributed by atoms with van der Waals surface area (Å²) in [4.78, 5) is 21.2. The van der Waals surface area contributed by atoms with Gasteiger partial charge in [-0.1, -0.05) is 20.8 Å². The van der Waals surface area contributed by atoms with Gasteiger partial charge in [-0.3, -0.25) is 9.69 Å². The van der Waals surface area contributed by atoms with Gasteiger partial charge in [-0.15, -0.1) is 12.4 Å². The molecule has 0 aliphatic carbocycles. The van der Waals surface area contributed by atoms with E-state index in [1.165, 1.54) is 0 Å². The third-order valence-electron chi connectivity index (χ3n) is 3.97. The molecule has 1 fully saturated rings. The summed E-state index contributed by atoms with van der Waals surface area (Å²) in [6.45, 7) is 9.00. The van der Waals surface area contributed by atoms with Crippen LogP contribution in [-0.2, 0) is 13.0 Å². The first kappa shape index (κ1) is 17.1. The number of hydrogen-bond acceptors (Lipinski definition) is 4. The lowest BCUT2D eigenvalue weighted by Gasteiger charge is -2.42. The van der Waals surface area contributed by atoms with Crippen LogP contribution in [0.15, 0.2) is 10.9 Å². The van der Waals surface area contributed by atoms with Gasteiger partial charge in [0.15, 0.2) is 0 Å². The minimum absolute atomic E-state index is 0. The number of likely N-dealkylation sites (tertiary alicyclic amines) is 1. The summed E-state index contributed by atoms with van der Waals surface area (Å²) in [5, 5.41) is 0. The monoisotopic (exact) mass is 300 g/mol. The SMILES string of the molecule is CCc1cc(=O)[nH]c(CN2CCC(N)C(C)(C)C2)n1.Cl. The molecule has 1 aliphatic rings. The maximum atomic E-state index is 11.6. The van der Waals surface area contributed by atoms with E-state index in [1.807, 2.05) is 6.92 Å². The van der Waals surface area contributed by atoms with E-state index in [4.69, 9.17) is 5.73 Å². The number of nitrogens with one attached hydrogen (secondary N) is 1. The van der Waals surface area contributed by atoms with Gasteiger partial charge in [0.25, 0.3) is 5.56 Å². The lowest BCUT2D eigenvalue weighted by molar-refractivity contribution is 0.0877. The van der Waals surface area contributed by atoms with Gasteiger partial charge in [0.05, 0.1) is 6.54 Å². The molecule has 1 atom stereocenters. The van der Waals surface area contributed by atoms with Gasteiger partial charge in [0, 0.05) is 30.9 Å². The molecule has 3 N–H and O–H groups in total. The molecule has 20 heavy (non-hydrogen) atoms. The van der Waals surface area contributed by atoms with E-state index in [1.54, 1.807) is 6.07 Å². The minimum atomic E-state index is -0.0604. The number of aryl methyl sites for hydroxylation is 1. The molecular weight excluding hydrogens is 276 g/mol. The van der Waals surface area contributed by atoms with Crippen molar-refractivity contribution in [1.82, 2.24) is 14.9 Å². The Morgan fingerprint density at radius 2 is 2.25 bits per heavy atom. The molecule has 0 amide bonds. The average Bonchev–Trinajstić information content (AvgIpc) is 2.32. The minimum Gasteiger partial charge on any atom is -0.327 e. The Bertz CT molecular complexity index is 500. The number of nitrogens with two attached hydrogens (primary N) is 1. The first-order valence-corrected chi connectivity index (χ1v) is 6.98. The van der Waals surface area contributed by atoms with Crippen LogP contribution in [0.3, 0.4) is 0 Å². The van der Waals surface area contributed by atoms with Crippen LogP contribution in [0.25, 0.3) is 0 Å². The van der Waals surface area contributed by atoms with Crippen LogP contribution in [0.1, 0.15) is 38.7 Å². The van der Waals surface area contributed by atoms with Crippen molar-refractivity contribution in [2.24, 2.45) is 11.1 Å². The zero-order chi connectivity index (χ0) is 14.0. The van der Waals surface area contributed by atoms with Crippen molar-refractivity contribution in [3.05, 3.63) is 27.9 Å². The highest BCUT2D eigenvalue weighted by Gasteiger charge is 2.33. The van der Waals surface area contributed by atoms with Gasteiger partial charge in [-0.25, -0.2) is 4.98 Å². The van der Waals surface area contributed by atoms with Crippen LogP contribution < -0.4 is 11.3 Å². The standard InChI is InChI=1S/C14H24N4O.ClH/c1-4-10-7-13(19)17-12(16-10)8-18-6-5-11(15)14(2,3)9-18;/h7,11H,4-6,8-9,15H2,1-3H3,(H,16,17,19);1H. The first-order chi connectivity index (χ1) is 8.90. The maximum absolute atomic E-state index is 11.6. The molecule has 2 rings (SSSR count). The molecule has 1 aliphatic heterocycles. The van der Waals surface area contributed by atoms with Crippen molar-refractivity contribution in [2.45, 2.75) is 46.2 Å². The summed E-state index contributed by atoms with van der Waals surface area (Å²) in [5.74, 6) is 0.760. The van der Waals surface area contributed by atoms with Crippen LogP contribution in [0.5, 0.6) is 0 Å². The Hall–Kier alpha value is -0.910.